The summed E-state index contributed by atoms with van der Waals surface area (Å²) in [6.45, 7) is 4.13. The molecule has 0 atom stereocenters. The molecule has 3 N–H and O–H groups in total. The van der Waals surface area contributed by atoms with Crippen LogP contribution in [-0.2, 0) is 6.61 Å². The molecule has 0 radical (unpaired) electrons. The Morgan fingerprint density at radius 1 is 1.20 bits per heavy atom. The van der Waals surface area contributed by atoms with Crippen LogP contribution in [0.1, 0.15) is 22.3 Å². The van der Waals surface area contributed by atoms with Gasteiger partial charge in [-0.2, -0.15) is 0 Å². The second-order valence-corrected chi connectivity index (χ2v) is 4.73. The predicted octanol–water partition coefficient (Wildman–Crippen LogP) is 3.31. The first kappa shape index (κ1) is 14.1. The van der Waals surface area contributed by atoms with Crippen LogP contribution in [0.15, 0.2) is 36.4 Å². The molecule has 2 aromatic rings. The second kappa shape index (κ2) is 5.74. The van der Waals surface area contributed by atoms with Gasteiger partial charge >= 0.3 is 0 Å². The van der Waals surface area contributed by atoms with Crippen molar-refractivity contribution in [2.45, 2.75) is 20.5 Å². The van der Waals surface area contributed by atoms with Crippen LogP contribution in [0.3, 0.4) is 0 Å². The number of rotatable bonds is 4. The molecule has 0 aliphatic heterocycles. The fourth-order valence-corrected chi connectivity index (χ4v) is 1.86. The molecule has 0 saturated carbocycles. The van der Waals surface area contributed by atoms with Gasteiger partial charge in [0.15, 0.2) is 0 Å². The average Bonchev–Trinajstić information content (AvgIpc) is 2.41. The zero-order valence-electron chi connectivity index (χ0n) is 11.5. The second-order valence-electron chi connectivity index (χ2n) is 4.73. The number of hydrogen-bond donors (Lipinski definition) is 2. The van der Waals surface area contributed by atoms with Gasteiger partial charge in [-0.05, 0) is 43.2 Å². The van der Waals surface area contributed by atoms with Gasteiger partial charge in [-0.15, -0.1) is 0 Å². The van der Waals surface area contributed by atoms with Crippen LogP contribution < -0.4 is 10.5 Å². The third kappa shape index (κ3) is 2.96. The van der Waals surface area contributed by atoms with E-state index >= 15 is 0 Å². The molecule has 0 saturated heterocycles. The van der Waals surface area contributed by atoms with E-state index in [1.807, 2.05) is 32.0 Å². The van der Waals surface area contributed by atoms with Gasteiger partial charge < -0.3 is 10.5 Å². The minimum atomic E-state index is -0.496. The molecular weight excluding hydrogens is 255 g/mol. The van der Waals surface area contributed by atoms with Gasteiger partial charge in [0.2, 0.25) is 0 Å². The maximum Gasteiger partial charge on any atom is 0.140 e. The Kier molecular flexibility index (Phi) is 4.03. The van der Waals surface area contributed by atoms with E-state index in [4.69, 9.17) is 15.9 Å². The molecule has 0 aliphatic rings. The number of nitrogens with one attached hydrogen (secondary N) is 1. The fourth-order valence-electron chi connectivity index (χ4n) is 1.86. The lowest BCUT2D eigenvalue weighted by Crippen LogP contribution is -2.14. The van der Waals surface area contributed by atoms with Crippen LogP contribution in [-0.4, -0.2) is 5.84 Å². The zero-order valence-corrected chi connectivity index (χ0v) is 11.5. The number of benzene rings is 2. The van der Waals surface area contributed by atoms with E-state index in [0.717, 1.165) is 5.56 Å². The van der Waals surface area contributed by atoms with Crippen molar-refractivity contribution in [3.63, 3.8) is 0 Å². The van der Waals surface area contributed by atoms with Crippen molar-refractivity contribution in [1.82, 2.24) is 0 Å². The first-order chi connectivity index (χ1) is 9.49. The highest BCUT2D eigenvalue weighted by Gasteiger charge is 2.10. The molecule has 3 nitrogen and oxygen atoms in total. The van der Waals surface area contributed by atoms with Crippen LogP contribution >= 0.6 is 0 Å². The average molecular weight is 272 g/mol. The number of ether oxygens (including phenoxy) is 1. The van der Waals surface area contributed by atoms with Crippen LogP contribution in [0.25, 0.3) is 0 Å². The minimum absolute atomic E-state index is 0.103. The van der Waals surface area contributed by atoms with Crippen molar-refractivity contribution in [3.8, 4) is 5.75 Å². The fraction of sp³-hybridized carbons (Fsp3) is 0.188. The normalized spacial score (nSPS) is 10.3. The van der Waals surface area contributed by atoms with Gasteiger partial charge in [0.1, 0.15) is 24.0 Å². The molecule has 0 amide bonds. The summed E-state index contributed by atoms with van der Waals surface area (Å²) in [5.74, 6) is -0.0832. The molecule has 2 rings (SSSR count). The van der Waals surface area contributed by atoms with E-state index in [1.54, 1.807) is 12.1 Å². The van der Waals surface area contributed by atoms with Crippen molar-refractivity contribution in [2.75, 3.05) is 0 Å². The Bertz CT molecular complexity index is 653. The topological polar surface area (TPSA) is 59.1 Å². The lowest BCUT2D eigenvalue weighted by molar-refractivity contribution is 0.299. The maximum atomic E-state index is 14.1. The number of nitrogens with two attached hydrogens (primary N) is 1. The zero-order chi connectivity index (χ0) is 14.7. The Hall–Kier alpha value is -2.36. The Labute approximate surface area is 117 Å². The minimum Gasteiger partial charge on any atom is -0.489 e. The molecule has 20 heavy (non-hydrogen) atoms. The van der Waals surface area contributed by atoms with Crippen LogP contribution in [0, 0.1) is 25.1 Å². The molecule has 104 valence electrons. The van der Waals surface area contributed by atoms with Gasteiger partial charge in [-0.25, -0.2) is 4.39 Å². The van der Waals surface area contributed by atoms with Crippen molar-refractivity contribution < 1.29 is 9.13 Å². The highest BCUT2D eigenvalue weighted by Crippen LogP contribution is 2.19. The predicted molar refractivity (Wildman–Crippen MR) is 77.7 cm³/mol. The molecule has 0 spiro atoms. The molecule has 0 bridgehead atoms. The maximum absolute atomic E-state index is 14.1. The van der Waals surface area contributed by atoms with Gasteiger partial charge in [0.25, 0.3) is 0 Å². The van der Waals surface area contributed by atoms with Crippen molar-refractivity contribution in [2.24, 2.45) is 5.73 Å². The van der Waals surface area contributed by atoms with E-state index in [-0.39, 0.29) is 18.0 Å². The summed E-state index contributed by atoms with van der Waals surface area (Å²) in [7, 11) is 0. The summed E-state index contributed by atoms with van der Waals surface area (Å²) >= 11 is 0. The molecule has 2 aromatic carbocycles. The summed E-state index contributed by atoms with van der Waals surface area (Å²) in [6, 6.07) is 10.5. The number of hydrogen-bond acceptors (Lipinski definition) is 2. The molecule has 4 heteroatoms. The first-order valence-corrected chi connectivity index (χ1v) is 6.31. The monoisotopic (exact) mass is 272 g/mol. The van der Waals surface area contributed by atoms with E-state index in [9.17, 15) is 4.39 Å². The van der Waals surface area contributed by atoms with E-state index in [1.165, 1.54) is 11.6 Å². The van der Waals surface area contributed by atoms with Gasteiger partial charge in [-0.1, -0.05) is 18.2 Å². The summed E-state index contributed by atoms with van der Waals surface area (Å²) in [5.41, 5.74) is 8.13. The molecule has 0 aliphatic carbocycles. The molecule has 0 heterocycles. The number of nitrogen functional groups attached to an aromatic ring is 1. The number of halogens is 1. The van der Waals surface area contributed by atoms with Gasteiger partial charge in [0.05, 0.1) is 5.56 Å². The smallest absolute Gasteiger partial charge is 0.140 e. The third-order valence-corrected chi connectivity index (χ3v) is 3.24. The first-order valence-electron chi connectivity index (χ1n) is 6.31. The van der Waals surface area contributed by atoms with E-state index < -0.39 is 5.82 Å². The van der Waals surface area contributed by atoms with Crippen molar-refractivity contribution >= 4 is 5.84 Å². The van der Waals surface area contributed by atoms with Crippen molar-refractivity contribution in [3.05, 3.63) is 64.5 Å². The Balaban J connectivity index is 2.17. The molecule has 0 unspecified atom stereocenters. The molecule has 0 aromatic heterocycles. The van der Waals surface area contributed by atoms with Gasteiger partial charge in [0, 0.05) is 5.56 Å². The van der Waals surface area contributed by atoms with E-state index in [2.05, 4.69) is 0 Å². The van der Waals surface area contributed by atoms with Crippen molar-refractivity contribution in [1.29, 1.82) is 5.41 Å². The SMILES string of the molecule is Cc1ccc(OCc2cccc(C(=N)N)c2F)cc1C. The molecule has 0 fully saturated rings. The highest BCUT2D eigenvalue weighted by molar-refractivity contribution is 5.95. The standard InChI is InChI=1S/C16H17FN2O/c1-10-6-7-13(8-11(10)2)20-9-12-4-3-5-14(15(12)17)16(18)19/h3-8H,9H2,1-2H3,(H3,18,19). The molecular formula is C16H17FN2O. The van der Waals surface area contributed by atoms with Crippen LogP contribution in [0.2, 0.25) is 0 Å². The summed E-state index contributed by atoms with van der Waals surface area (Å²) in [5, 5.41) is 7.32. The largest absolute Gasteiger partial charge is 0.489 e. The highest BCUT2D eigenvalue weighted by atomic mass is 19.1. The summed E-state index contributed by atoms with van der Waals surface area (Å²) in [4.78, 5) is 0. The van der Waals surface area contributed by atoms with Crippen LogP contribution in [0.5, 0.6) is 5.75 Å². The van der Waals surface area contributed by atoms with Crippen LogP contribution in [0.4, 0.5) is 4.39 Å². The van der Waals surface area contributed by atoms with E-state index in [0.29, 0.717) is 11.3 Å². The van der Waals surface area contributed by atoms with Gasteiger partial charge in [-0.3, -0.25) is 5.41 Å². The quantitative estimate of drug-likeness (QED) is 0.662. The number of amidine groups is 1. The Morgan fingerprint density at radius 3 is 2.60 bits per heavy atom. The Morgan fingerprint density at radius 2 is 1.95 bits per heavy atom. The lowest BCUT2D eigenvalue weighted by Gasteiger charge is -2.10. The third-order valence-electron chi connectivity index (χ3n) is 3.24. The summed E-state index contributed by atoms with van der Waals surface area (Å²) in [6.07, 6.45) is 0. The lowest BCUT2D eigenvalue weighted by atomic mass is 10.1. The number of aryl methyl sites for hydroxylation is 2. The summed E-state index contributed by atoms with van der Waals surface area (Å²) < 4.78 is 19.7.